The summed E-state index contributed by atoms with van der Waals surface area (Å²) in [6.45, 7) is 2.92. The summed E-state index contributed by atoms with van der Waals surface area (Å²) in [6.07, 6.45) is 2.37. The first-order valence-electron chi connectivity index (χ1n) is 6.33. The summed E-state index contributed by atoms with van der Waals surface area (Å²) in [5.74, 6) is 0. The molecule has 0 aliphatic rings. The molecule has 0 aliphatic carbocycles. The van der Waals surface area contributed by atoms with Crippen molar-refractivity contribution in [3.63, 3.8) is 0 Å². The zero-order chi connectivity index (χ0) is 14.3. The van der Waals surface area contributed by atoms with E-state index in [2.05, 4.69) is 4.72 Å². The molecule has 5 nitrogen and oxygen atoms in total. The molecule has 1 atom stereocenters. The highest BCUT2D eigenvalue weighted by Gasteiger charge is 2.21. The maximum atomic E-state index is 12.2. The van der Waals surface area contributed by atoms with Crippen LogP contribution in [0.4, 0.5) is 0 Å². The van der Waals surface area contributed by atoms with Gasteiger partial charge in [0, 0.05) is 18.0 Å². The quantitative estimate of drug-likeness (QED) is 0.721. The van der Waals surface area contributed by atoms with E-state index in [4.69, 9.17) is 10.5 Å². The van der Waals surface area contributed by atoms with E-state index < -0.39 is 10.0 Å². The molecule has 0 bridgehead atoms. The minimum absolute atomic E-state index is 0.181. The van der Waals surface area contributed by atoms with E-state index in [0.717, 1.165) is 17.7 Å². The van der Waals surface area contributed by atoms with Gasteiger partial charge in [0.25, 0.3) is 0 Å². The lowest BCUT2D eigenvalue weighted by Gasteiger charge is -2.16. The fourth-order valence-corrected chi connectivity index (χ4v) is 4.43. The largest absolute Gasteiger partial charge is 0.383 e. The van der Waals surface area contributed by atoms with Crippen LogP contribution in [0.1, 0.15) is 24.6 Å². The fraction of sp³-hybridized carbons (Fsp3) is 0.667. The topological polar surface area (TPSA) is 81.4 Å². The summed E-state index contributed by atoms with van der Waals surface area (Å²) < 4.78 is 32.5. The molecule has 110 valence electrons. The Labute approximate surface area is 119 Å². The number of hydrogen-bond acceptors (Lipinski definition) is 5. The summed E-state index contributed by atoms with van der Waals surface area (Å²) >= 11 is 1.27. The molecular weight excluding hydrogens is 284 g/mol. The predicted octanol–water partition coefficient (Wildman–Crippen LogP) is 1.34. The summed E-state index contributed by atoms with van der Waals surface area (Å²) in [7, 11) is -1.88. The van der Waals surface area contributed by atoms with Crippen LogP contribution in [-0.2, 0) is 21.2 Å². The Bertz CT molecular complexity index is 465. The molecule has 0 spiro atoms. The number of sulfonamides is 1. The summed E-state index contributed by atoms with van der Waals surface area (Å²) in [5, 5.41) is 0. The molecule has 0 fully saturated rings. The number of thiophene rings is 1. The third-order valence-electron chi connectivity index (χ3n) is 2.62. The second kappa shape index (κ2) is 7.96. The first-order chi connectivity index (χ1) is 9.03. The number of hydrogen-bond donors (Lipinski definition) is 2. The average Bonchev–Trinajstić information content (AvgIpc) is 2.79. The second-order valence-corrected chi connectivity index (χ2v) is 7.43. The van der Waals surface area contributed by atoms with E-state index in [1.165, 1.54) is 11.3 Å². The minimum Gasteiger partial charge on any atom is -0.383 e. The van der Waals surface area contributed by atoms with Crippen molar-refractivity contribution in [3.8, 4) is 0 Å². The van der Waals surface area contributed by atoms with E-state index in [1.54, 1.807) is 13.2 Å². The van der Waals surface area contributed by atoms with Crippen molar-refractivity contribution in [1.29, 1.82) is 0 Å². The molecule has 1 aromatic heterocycles. The van der Waals surface area contributed by atoms with Gasteiger partial charge in [-0.25, -0.2) is 13.1 Å². The van der Waals surface area contributed by atoms with E-state index in [9.17, 15) is 8.42 Å². The van der Waals surface area contributed by atoms with Crippen LogP contribution in [0.3, 0.4) is 0 Å². The maximum absolute atomic E-state index is 12.2. The lowest BCUT2D eigenvalue weighted by atomic mass is 10.2. The summed E-state index contributed by atoms with van der Waals surface area (Å²) in [5.41, 5.74) is 5.46. The fourth-order valence-electron chi connectivity index (χ4n) is 1.78. The Morgan fingerprint density at radius 3 is 2.79 bits per heavy atom. The van der Waals surface area contributed by atoms with Crippen molar-refractivity contribution < 1.29 is 13.2 Å². The van der Waals surface area contributed by atoms with Gasteiger partial charge in [-0.05, 0) is 31.5 Å². The molecule has 1 aromatic rings. The van der Waals surface area contributed by atoms with Crippen LogP contribution < -0.4 is 10.5 Å². The van der Waals surface area contributed by atoms with Crippen molar-refractivity contribution in [3.05, 3.63) is 17.0 Å². The standard InChI is InChI=1S/C12H22N2O3S2/c1-3-4-10(9-17-2)14-19(15,16)12-6-5-11(18-12)7-8-13/h5-6,10,14H,3-4,7-9,13H2,1-2H3. The smallest absolute Gasteiger partial charge is 0.250 e. The van der Waals surface area contributed by atoms with E-state index in [0.29, 0.717) is 23.8 Å². The number of rotatable bonds is 9. The van der Waals surface area contributed by atoms with Gasteiger partial charge in [0.2, 0.25) is 10.0 Å². The molecule has 0 saturated carbocycles. The lowest BCUT2D eigenvalue weighted by Crippen LogP contribution is -2.37. The van der Waals surface area contributed by atoms with Gasteiger partial charge in [0.15, 0.2) is 0 Å². The van der Waals surface area contributed by atoms with Crippen molar-refractivity contribution in [2.45, 2.75) is 36.4 Å². The van der Waals surface area contributed by atoms with Crippen LogP contribution in [0, 0.1) is 0 Å². The number of nitrogens with two attached hydrogens (primary N) is 1. The third-order valence-corrected chi connectivity index (χ3v) is 5.78. The highest BCUT2D eigenvalue weighted by atomic mass is 32.2. The molecule has 1 unspecified atom stereocenters. The molecule has 3 N–H and O–H groups in total. The van der Waals surface area contributed by atoms with Crippen LogP contribution in [0.2, 0.25) is 0 Å². The maximum Gasteiger partial charge on any atom is 0.250 e. The van der Waals surface area contributed by atoms with Gasteiger partial charge >= 0.3 is 0 Å². The lowest BCUT2D eigenvalue weighted by molar-refractivity contribution is 0.171. The Morgan fingerprint density at radius 2 is 2.21 bits per heavy atom. The molecule has 0 amide bonds. The molecule has 1 heterocycles. The number of ether oxygens (including phenoxy) is 1. The summed E-state index contributed by atoms with van der Waals surface area (Å²) in [4.78, 5) is 0.988. The van der Waals surface area contributed by atoms with Crippen molar-refractivity contribution in [2.75, 3.05) is 20.3 Å². The van der Waals surface area contributed by atoms with E-state index >= 15 is 0 Å². The van der Waals surface area contributed by atoms with Crippen molar-refractivity contribution in [1.82, 2.24) is 4.72 Å². The summed E-state index contributed by atoms with van der Waals surface area (Å²) in [6, 6.07) is 3.27. The average molecular weight is 306 g/mol. The SMILES string of the molecule is CCCC(COC)NS(=O)(=O)c1ccc(CCN)s1. The zero-order valence-electron chi connectivity index (χ0n) is 11.4. The molecule has 0 saturated heterocycles. The molecule has 1 rings (SSSR count). The Kier molecular flexibility index (Phi) is 6.95. The van der Waals surface area contributed by atoms with Gasteiger partial charge < -0.3 is 10.5 Å². The second-order valence-electron chi connectivity index (χ2n) is 4.32. The van der Waals surface area contributed by atoms with Gasteiger partial charge in [-0.2, -0.15) is 0 Å². The molecule has 19 heavy (non-hydrogen) atoms. The Morgan fingerprint density at radius 1 is 1.47 bits per heavy atom. The highest BCUT2D eigenvalue weighted by Crippen LogP contribution is 2.22. The van der Waals surface area contributed by atoms with Gasteiger partial charge in [0.05, 0.1) is 6.61 Å². The van der Waals surface area contributed by atoms with Crippen LogP contribution in [0.5, 0.6) is 0 Å². The van der Waals surface area contributed by atoms with Gasteiger partial charge in [-0.15, -0.1) is 11.3 Å². The minimum atomic E-state index is -3.45. The van der Waals surface area contributed by atoms with Gasteiger partial charge in [0.1, 0.15) is 4.21 Å². The first kappa shape index (κ1) is 16.6. The highest BCUT2D eigenvalue weighted by molar-refractivity contribution is 7.91. The molecule has 0 radical (unpaired) electrons. The predicted molar refractivity (Wildman–Crippen MR) is 78.0 cm³/mol. The third kappa shape index (κ3) is 5.19. The molecular formula is C12H22N2O3S2. The molecule has 0 aliphatic heterocycles. The van der Waals surface area contributed by atoms with Gasteiger partial charge in [-0.1, -0.05) is 13.3 Å². The van der Waals surface area contributed by atoms with Crippen LogP contribution in [-0.4, -0.2) is 34.7 Å². The molecule has 0 aromatic carbocycles. The Balaban J connectivity index is 2.77. The first-order valence-corrected chi connectivity index (χ1v) is 8.63. The van der Waals surface area contributed by atoms with Crippen LogP contribution in [0.25, 0.3) is 0 Å². The van der Waals surface area contributed by atoms with Gasteiger partial charge in [-0.3, -0.25) is 0 Å². The Hall–Kier alpha value is -0.470. The zero-order valence-corrected chi connectivity index (χ0v) is 13.0. The van der Waals surface area contributed by atoms with Crippen molar-refractivity contribution in [2.24, 2.45) is 5.73 Å². The number of methoxy groups -OCH3 is 1. The van der Waals surface area contributed by atoms with E-state index in [1.807, 2.05) is 13.0 Å². The van der Waals surface area contributed by atoms with Crippen LogP contribution >= 0.6 is 11.3 Å². The monoisotopic (exact) mass is 306 g/mol. The number of nitrogens with one attached hydrogen (secondary N) is 1. The van der Waals surface area contributed by atoms with Crippen molar-refractivity contribution >= 4 is 21.4 Å². The normalized spacial score (nSPS) is 13.6. The van der Waals surface area contributed by atoms with Crippen LogP contribution in [0.15, 0.2) is 16.3 Å². The van der Waals surface area contributed by atoms with E-state index in [-0.39, 0.29) is 6.04 Å². The molecule has 7 heteroatoms.